The second-order valence-electron chi connectivity index (χ2n) is 7.51. The van der Waals surface area contributed by atoms with E-state index in [2.05, 4.69) is 26.3 Å². The Morgan fingerprint density at radius 3 is 3.00 bits per heavy atom. The Bertz CT molecular complexity index is 893. The molecule has 1 aliphatic rings. The number of aromatic nitrogens is 3. The fourth-order valence-corrected chi connectivity index (χ4v) is 3.52. The number of nitrogens with zero attached hydrogens (tertiary/aromatic N) is 4. The predicted molar refractivity (Wildman–Crippen MR) is 114 cm³/mol. The zero-order chi connectivity index (χ0) is 20.6. The molecule has 8 nitrogen and oxygen atoms in total. The van der Waals surface area contributed by atoms with E-state index in [0.29, 0.717) is 6.54 Å². The van der Waals surface area contributed by atoms with E-state index >= 15 is 0 Å². The molecule has 160 valence electrons. The fourth-order valence-electron chi connectivity index (χ4n) is 3.52. The second-order valence-corrected chi connectivity index (χ2v) is 7.51. The van der Waals surface area contributed by atoms with Crippen LogP contribution in [-0.4, -0.2) is 76.5 Å². The van der Waals surface area contributed by atoms with Crippen LogP contribution in [0.3, 0.4) is 0 Å². The minimum atomic E-state index is -0.509. The number of aliphatic hydroxyl groups is 1. The molecule has 0 bridgehead atoms. The van der Waals surface area contributed by atoms with Gasteiger partial charge in [-0.2, -0.15) is 0 Å². The van der Waals surface area contributed by atoms with E-state index in [0.717, 1.165) is 68.6 Å². The highest BCUT2D eigenvalue weighted by atomic mass is 16.5. The van der Waals surface area contributed by atoms with Gasteiger partial charge in [0.2, 0.25) is 5.78 Å². The van der Waals surface area contributed by atoms with Gasteiger partial charge in [-0.1, -0.05) is 12.1 Å². The number of rotatable bonds is 10. The molecule has 8 heteroatoms. The molecule has 1 saturated heterocycles. The number of hydrogen-bond donors (Lipinski definition) is 2. The summed E-state index contributed by atoms with van der Waals surface area (Å²) in [7, 11) is 0. The van der Waals surface area contributed by atoms with Crippen LogP contribution in [0, 0.1) is 0 Å². The first-order chi connectivity index (χ1) is 14.8. The molecule has 3 aromatic rings. The Morgan fingerprint density at radius 1 is 1.23 bits per heavy atom. The molecular weight excluding hydrogens is 382 g/mol. The Balaban J connectivity index is 1.18. The standard InChI is InChI=1S/C22H29N5O3/c28-20(16-26-9-11-29-12-10-26)17-30-21-4-1-3-18(13-21)14-23-7-5-19-15-27-8-2-6-24-22(27)25-19/h1-4,6,8,13,15,20,23,28H,5,7,9-12,14,16-17H2. The van der Waals surface area contributed by atoms with E-state index in [9.17, 15) is 5.11 Å². The van der Waals surface area contributed by atoms with Crippen molar-refractivity contribution in [2.75, 3.05) is 46.0 Å². The highest BCUT2D eigenvalue weighted by Crippen LogP contribution is 2.14. The summed E-state index contributed by atoms with van der Waals surface area (Å²) in [4.78, 5) is 11.0. The van der Waals surface area contributed by atoms with Crippen LogP contribution < -0.4 is 10.1 Å². The lowest BCUT2D eigenvalue weighted by Crippen LogP contribution is -2.42. The van der Waals surface area contributed by atoms with Gasteiger partial charge in [0.05, 0.1) is 18.9 Å². The molecule has 2 aromatic heterocycles. The van der Waals surface area contributed by atoms with E-state index in [1.165, 1.54) is 0 Å². The van der Waals surface area contributed by atoms with Crippen LogP contribution in [0.25, 0.3) is 5.78 Å². The SMILES string of the molecule is OC(COc1cccc(CNCCc2cn3cccnc3n2)c1)CN1CCOCC1. The third-order valence-electron chi connectivity index (χ3n) is 5.09. The molecule has 0 amide bonds. The molecule has 1 aromatic carbocycles. The number of hydrogen-bond acceptors (Lipinski definition) is 7. The van der Waals surface area contributed by atoms with Crippen LogP contribution in [0.4, 0.5) is 0 Å². The second kappa shape index (κ2) is 10.5. The van der Waals surface area contributed by atoms with Crippen LogP contribution in [-0.2, 0) is 17.7 Å². The van der Waals surface area contributed by atoms with Crippen molar-refractivity contribution in [1.82, 2.24) is 24.6 Å². The summed E-state index contributed by atoms with van der Waals surface area (Å²) in [6.07, 6.45) is 6.05. The summed E-state index contributed by atoms with van der Waals surface area (Å²) in [6, 6.07) is 9.89. The molecule has 30 heavy (non-hydrogen) atoms. The first kappa shape index (κ1) is 20.7. The van der Waals surface area contributed by atoms with Crippen molar-refractivity contribution in [1.29, 1.82) is 0 Å². The average Bonchev–Trinajstić information content (AvgIpc) is 3.19. The van der Waals surface area contributed by atoms with Gasteiger partial charge in [0.1, 0.15) is 18.5 Å². The highest BCUT2D eigenvalue weighted by molar-refractivity contribution is 5.30. The predicted octanol–water partition coefficient (Wildman–Crippen LogP) is 1.13. The quantitative estimate of drug-likeness (QED) is 0.484. The van der Waals surface area contributed by atoms with Gasteiger partial charge in [-0.25, -0.2) is 9.97 Å². The molecule has 0 aliphatic carbocycles. The van der Waals surface area contributed by atoms with Crippen LogP contribution in [0.5, 0.6) is 5.75 Å². The monoisotopic (exact) mass is 411 g/mol. The number of fused-ring (bicyclic) bond motifs is 1. The molecule has 0 saturated carbocycles. The zero-order valence-electron chi connectivity index (χ0n) is 17.1. The van der Waals surface area contributed by atoms with Gasteiger partial charge in [-0.05, 0) is 23.8 Å². The molecule has 1 aliphatic heterocycles. The first-order valence-corrected chi connectivity index (χ1v) is 10.5. The number of morpholine rings is 1. The number of aliphatic hydroxyl groups excluding tert-OH is 1. The van der Waals surface area contributed by atoms with Gasteiger partial charge in [-0.3, -0.25) is 9.30 Å². The maximum absolute atomic E-state index is 10.2. The van der Waals surface area contributed by atoms with E-state index in [1.807, 2.05) is 41.1 Å². The first-order valence-electron chi connectivity index (χ1n) is 10.5. The highest BCUT2D eigenvalue weighted by Gasteiger charge is 2.15. The topological polar surface area (TPSA) is 84.2 Å². The summed E-state index contributed by atoms with van der Waals surface area (Å²) < 4.78 is 13.1. The Morgan fingerprint density at radius 2 is 2.13 bits per heavy atom. The van der Waals surface area contributed by atoms with Gasteiger partial charge in [-0.15, -0.1) is 0 Å². The largest absolute Gasteiger partial charge is 0.491 e. The van der Waals surface area contributed by atoms with Crippen molar-refractivity contribution in [3.63, 3.8) is 0 Å². The molecule has 3 heterocycles. The van der Waals surface area contributed by atoms with Crippen LogP contribution >= 0.6 is 0 Å². The molecule has 2 N–H and O–H groups in total. The summed E-state index contributed by atoms with van der Waals surface area (Å²) in [5.74, 6) is 1.51. The molecule has 1 unspecified atom stereocenters. The van der Waals surface area contributed by atoms with Crippen LogP contribution in [0.2, 0.25) is 0 Å². The Labute approximate surface area is 176 Å². The lowest BCUT2D eigenvalue weighted by atomic mass is 10.2. The van der Waals surface area contributed by atoms with Crippen molar-refractivity contribution in [2.24, 2.45) is 0 Å². The molecular formula is C22H29N5O3. The van der Waals surface area contributed by atoms with Crippen LogP contribution in [0.15, 0.2) is 48.9 Å². The van der Waals surface area contributed by atoms with Gasteiger partial charge >= 0.3 is 0 Å². The fraction of sp³-hybridized carbons (Fsp3) is 0.455. The van der Waals surface area contributed by atoms with E-state index in [1.54, 1.807) is 6.20 Å². The molecule has 1 fully saturated rings. The van der Waals surface area contributed by atoms with Crippen LogP contribution in [0.1, 0.15) is 11.3 Å². The van der Waals surface area contributed by atoms with Crippen molar-refractivity contribution < 1.29 is 14.6 Å². The van der Waals surface area contributed by atoms with Gasteiger partial charge in [0, 0.05) is 57.7 Å². The lowest BCUT2D eigenvalue weighted by Gasteiger charge is -2.28. The number of nitrogens with one attached hydrogen (secondary N) is 1. The maximum Gasteiger partial charge on any atom is 0.233 e. The van der Waals surface area contributed by atoms with Gasteiger partial charge < -0.3 is 19.9 Å². The average molecular weight is 412 g/mol. The third kappa shape index (κ3) is 5.99. The normalized spacial score (nSPS) is 16.0. The van der Waals surface area contributed by atoms with E-state index < -0.39 is 6.10 Å². The zero-order valence-corrected chi connectivity index (χ0v) is 17.1. The Hall–Kier alpha value is -2.52. The summed E-state index contributed by atoms with van der Waals surface area (Å²) in [5, 5.41) is 13.7. The molecule has 0 radical (unpaired) electrons. The van der Waals surface area contributed by atoms with E-state index in [4.69, 9.17) is 9.47 Å². The number of β-amino-alcohol motifs (C(OH)–C–C–N with tert-alkyl or cyclic N) is 1. The number of benzene rings is 1. The van der Waals surface area contributed by atoms with Gasteiger partial charge in [0.25, 0.3) is 0 Å². The molecule has 0 spiro atoms. The number of ether oxygens (including phenoxy) is 2. The summed E-state index contributed by atoms with van der Waals surface area (Å²) in [6.45, 7) is 5.67. The summed E-state index contributed by atoms with van der Waals surface area (Å²) >= 11 is 0. The Kier molecular flexibility index (Phi) is 7.25. The third-order valence-corrected chi connectivity index (χ3v) is 5.09. The lowest BCUT2D eigenvalue weighted by molar-refractivity contribution is 0.00465. The summed E-state index contributed by atoms with van der Waals surface area (Å²) in [5.41, 5.74) is 2.17. The van der Waals surface area contributed by atoms with Crippen molar-refractivity contribution >= 4 is 5.78 Å². The van der Waals surface area contributed by atoms with Crippen molar-refractivity contribution in [3.05, 3.63) is 60.2 Å². The minimum Gasteiger partial charge on any atom is -0.491 e. The smallest absolute Gasteiger partial charge is 0.233 e. The minimum absolute atomic E-state index is 0.288. The van der Waals surface area contributed by atoms with Crippen molar-refractivity contribution in [2.45, 2.75) is 19.1 Å². The molecule has 4 rings (SSSR count). The molecule has 1 atom stereocenters. The number of imidazole rings is 1. The van der Waals surface area contributed by atoms with E-state index in [-0.39, 0.29) is 6.61 Å². The maximum atomic E-state index is 10.2. The van der Waals surface area contributed by atoms with Gasteiger partial charge in [0.15, 0.2) is 0 Å². The van der Waals surface area contributed by atoms with Crippen molar-refractivity contribution in [3.8, 4) is 5.75 Å².